The molecule has 122 valence electrons. The van der Waals surface area contributed by atoms with Gasteiger partial charge in [0, 0.05) is 12.0 Å². The number of carbonyl (C=O) groups excluding carboxylic acids is 1. The largest absolute Gasteiger partial charge is 0.488 e. The molecule has 0 radical (unpaired) electrons. The summed E-state index contributed by atoms with van der Waals surface area (Å²) in [7, 11) is 1.28. The van der Waals surface area contributed by atoms with Gasteiger partial charge < -0.3 is 15.2 Å². The predicted molar refractivity (Wildman–Crippen MR) is 85.9 cm³/mol. The average molecular weight is 338 g/mol. The standard InChI is InChI=1S/C17H17ClFNO3/c1-22-17(21)15(20)9-11-5-2-3-8-16(11)23-10-12-13(18)6-4-7-14(12)19/h2-8,15H,9-10,20H2,1H3. The number of methoxy groups -OCH3 is 1. The molecule has 2 aromatic rings. The number of halogens is 2. The van der Waals surface area contributed by atoms with Gasteiger partial charge in [0.2, 0.25) is 0 Å². The SMILES string of the molecule is COC(=O)C(N)Cc1ccccc1OCc1c(F)cccc1Cl. The zero-order chi connectivity index (χ0) is 16.8. The molecule has 0 aliphatic carbocycles. The van der Waals surface area contributed by atoms with Gasteiger partial charge in [-0.15, -0.1) is 0 Å². The van der Waals surface area contributed by atoms with Crippen LogP contribution in [-0.4, -0.2) is 19.1 Å². The highest BCUT2D eigenvalue weighted by atomic mass is 35.5. The molecule has 0 amide bonds. The monoisotopic (exact) mass is 337 g/mol. The molecule has 1 atom stereocenters. The normalized spacial score (nSPS) is 11.8. The first-order valence-electron chi connectivity index (χ1n) is 7.00. The molecule has 0 aliphatic rings. The Morgan fingerprint density at radius 2 is 2.00 bits per heavy atom. The molecule has 0 saturated carbocycles. The van der Waals surface area contributed by atoms with Crippen molar-refractivity contribution in [2.24, 2.45) is 5.73 Å². The zero-order valence-corrected chi connectivity index (χ0v) is 13.3. The van der Waals surface area contributed by atoms with Crippen molar-refractivity contribution in [1.82, 2.24) is 0 Å². The molecule has 0 saturated heterocycles. The van der Waals surface area contributed by atoms with Gasteiger partial charge in [0.1, 0.15) is 24.2 Å². The Labute approximate surface area is 139 Å². The minimum Gasteiger partial charge on any atom is -0.488 e. The van der Waals surface area contributed by atoms with Crippen LogP contribution in [0.1, 0.15) is 11.1 Å². The number of hydrogen-bond donors (Lipinski definition) is 1. The summed E-state index contributed by atoms with van der Waals surface area (Å²) in [6, 6.07) is 10.8. The summed E-state index contributed by atoms with van der Waals surface area (Å²) in [5.74, 6) is -0.413. The molecule has 4 nitrogen and oxygen atoms in total. The van der Waals surface area contributed by atoms with Crippen LogP contribution in [0.3, 0.4) is 0 Å². The summed E-state index contributed by atoms with van der Waals surface area (Å²) in [4.78, 5) is 11.4. The highest BCUT2D eigenvalue weighted by Crippen LogP contribution is 2.24. The Kier molecular flexibility index (Phi) is 5.96. The van der Waals surface area contributed by atoms with Gasteiger partial charge in [0.25, 0.3) is 0 Å². The average Bonchev–Trinajstić information content (AvgIpc) is 2.55. The number of rotatable bonds is 6. The Bertz CT molecular complexity index is 673. The zero-order valence-electron chi connectivity index (χ0n) is 12.6. The number of para-hydroxylation sites is 1. The summed E-state index contributed by atoms with van der Waals surface area (Å²) in [6.45, 7) is -0.0179. The van der Waals surface area contributed by atoms with Gasteiger partial charge in [-0.2, -0.15) is 0 Å². The highest BCUT2D eigenvalue weighted by Gasteiger charge is 2.17. The lowest BCUT2D eigenvalue weighted by Gasteiger charge is -2.15. The van der Waals surface area contributed by atoms with Crippen molar-refractivity contribution in [3.05, 3.63) is 64.4 Å². The molecule has 0 aliphatic heterocycles. The lowest BCUT2D eigenvalue weighted by atomic mass is 10.1. The molecule has 2 N–H and O–H groups in total. The quantitative estimate of drug-likeness (QED) is 0.823. The topological polar surface area (TPSA) is 61.5 Å². The van der Waals surface area contributed by atoms with Crippen molar-refractivity contribution >= 4 is 17.6 Å². The third kappa shape index (κ3) is 4.43. The minimum absolute atomic E-state index is 0.0179. The van der Waals surface area contributed by atoms with E-state index in [9.17, 15) is 9.18 Å². The maximum atomic E-state index is 13.8. The highest BCUT2D eigenvalue weighted by molar-refractivity contribution is 6.31. The summed E-state index contributed by atoms with van der Waals surface area (Å²) < 4.78 is 24.0. The van der Waals surface area contributed by atoms with Crippen LogP contribution in [-0.2, 0) is 22.6 Å². The third-order valence-electron chi connectivity index (χ3n) is 3.35. The fourth-order valence-corrected chi connectivity index (χ4v) is 2.32. The van der Waals surface area contributed by atoms with Crippen LogP contribution >= 0.6 is 11.6 Å². The molecule has 0 fully saturated rings. The summed E-state index contributed by atoms with van der Waals surface area (Å²) >= 11 is 5.98. The molecule has 0 spiro atoms. The van der Waals surface area contributed by atoms with Crippen LogP contribution in [0.2, 0.25) is 5.02 Å². The van der Waals surface area contributed by atoms with Gasteiger partial charge >= 0.3 is 5.97 Å². The van der Waals surface area contributed by atoms with Gasteiger partial charge in [-0.05, 0) is 23.8 Å². The Morgan fingerprint density at radius 3 is 2.70 bits per heavy atom. The van der Waals surface area contributed by atoms with Crippen molar-refractivity contribution in [1.29, 1.82) is 0 Å². The van der Waals surface area contributed by atoms with Crippen LogP contribution < -0.4 is 10.5 Å². The van der Waals surface area contributed by atoms with Crippen LogP contribution in [0.4, 0.5) is 4.39 Å². The molecule has 0 bridgehead atoms. The Balaban J connectivity index is 2.13. The maximum absolute atomic E-state index is 13.8. The van der Waals surface area contributed by atoms with E-state index < -0.39 is 17.8 Å². The molecular formula is C17H17ClFNO3. The second-order valence-corrected chi connectivity index (χ2v) is 5.34. The van der Waals surface area contributed by atoms with Crippen molar-refractivity contribution in [2.75, 3.05) is 7.11 Å². The summed E-state index contributed by atoms with van der Waals surface area (Å²) in [5, 5.41) is 0.300. The van der Waals surface area contributed by atoms with Crippen LogP contribution in [0.5, 0.6) is 5.75 Å². The molecule has 0 heterocycles. The van der Waals surface area contributed by atoms with Crippen molar-refractivity contribution in [3.63, 3.8) is 0 Å². The smallest absolute Gasteiger partial charge is 0.322 e. The second kappa shape index (κ2) is 7.94. The van der Waals surface area contributed by atoms with E-state index in [1.807, 2.05) is 6.07 Å². The number of nitrogens with two attached hydrogens (primary N) is 1. The van der Waals surface area contributed by atoms with Crippen molar-refractivity contribution in [2.45, 2.75) is 19.1 Å². The molecule has 23 heavy (non-hydrogen) atoms. The fraction of sp³-hybridized carbons (Fsp3) is 0.235. The van der Waals surface area contributed by atoms with Crippen molar-refractivity contribution < 1.29 is 18.7 Å². The fourth-order valence-electron chi connectivity index (χ4n) is 2.11. The van der Waals surface area contributed by atoms with E-state index in [2.05, 4.69) is 4.74 Å². The first kappa shape index (κ1) is 17.2. The van der Waals surface area contributed by atoms with E-state index in [-0.39, 0.29) is 18.6 Å². The number of benzene rings is 2. The Hall–Kier alpha value is -2.11. The van der Waals surface area contributed by atoms with E-state index in [0.717, 1.165) is 5.56 Å². The summed E-state index contributed by atoms with van der Waals surface area (Å²) in [5.41, 5.74) is 6.79. The molecular weight excluding hydrogens is 321 g/mol. The molecule has 6 heteroatoms. The summed E-state index contributed by atoms with van der Waals surface area (Å²) in [6.07, 6.45) is 0.258. The first-order chi connectivity index (χ1) is 11.0. The van der Waals surface area contributed by atoms with Gasteiger partial charge in [-0.3, -0.25) is 4.79 Å². The molecule has 1 unspecified atom stereocenters. The number of ether oxygens (including phenoxy) is 2. The third-order valence-corrected chi connectivity index (χ3v) is 3.70. The van der Waals surface area contributed by atoms with Crippen molar-refractivity contribution in [3.8, 4) is 5.75 Å². The van der Waals surface area contributed by atoms with E-state index in [4.69, 9.17) is 22.1 Å². The van der Waals surface area contributed by atoms with E-state index in [1.54, 1.807) is 24.3 Å². The first-order valence-corrected chi connectivity index (χ1v) is 7.37. The number of hydrogen-bond acceptors (Lipinski definition) is 4. The number of carbonyl (C=O) groups is 1. The van der Waals surface area contributed by atoms with Gasteiger partial charge in [0.05, 0.1) is 12.1 Å². The van der Waals surface area contributed by atoms with E-state index >= 15 is 0 Å². The number of esters is 1. The van der Waals surface area contributed by atoms with Crippen LogP contribution in [0.15, 0.2) is 42.5 Å². The van der Waals surface area contributed by atoms with Crippen LogP contribution in [0.25, 0.3) is 0 Å². The van der Waals surface area contributed by atoms with Gasteiger partial charge in [-0.25, -0.2) is 4.39 Å². The van der Waals surface area contributed by atoms with E-state index in [1.165, 1.54) is 19.2 Å². The molecule has 0 aromatic heterocycles. The molecule has 2 aromatic carbocycles. The van der Waals surface area contributed by atoms with Gasteiger partial charge in [0.15, 0.2) is 0 Å². The van der Waals surface area contributed by atoms with E-state index in [0.29, 0.717) is 10.8 Å². The predicted octanol–water partition coefficient (Wildman–Crippen LogP) is 3.10. The maximum Gasteiger partial charge on any atom is 0.322 e. The van der Waals surface area contributed by atoms with Crippen LogP contribution in [0, 0.1) is 5.82 Å². The minimum atomic E-state index is -0.790. The lowest BCUT2D eigenvalue weighted by molar-refractivity contribution is -0.142. The second-order valence-electron chi connectivity index (χ2n) is 4.93. The van der Waals surface area contributed by atoms with Gasteiger partial charge in [-0.1, -0.05) is 35.9 Å². The molecule has 2 rings (SSSR count). The lowest BCUT2D eigenvalue weighted by Crippen LogP contribution is -2.33. The Morgan fingerprint density at radius 1 is 1.26 bits per heavy atom.